The van der Waals surface area contributed by atoms with Crippen molar-refractivity contribution < 1.29 is 14.8 Å². The quantitative estimate of drug-likeness (QED) is 0.669. The first-order chi connectivity index (χ1) is 9.50. The van der Waals surface area contributed by atoms with Gasteiger partial charge in [0.25, 0.3) is 0 Å². The molecule has 0 fully saturated rings. The van der Waals surface area contributed by atoms with E-state index in [9.17, 15) is 14.9 Å². The lowest BCUT2D eigenvalue weighted by molar-refractivity contribution is -0.384. The Bertz CT molecular complexity index is 660. The van der Waals surface area contributed by atoms with Crippen LogP contribution in [0.15, 0.2) is 36.8 Å². The van der Waals surface area contributed by atoms with Crippen molar-refractivity contribution in [1.82, 2.24) is 9.97 Å². The maximum atomic E-state index is 11.1. The van der Waals surface area contributed by atoms with E-state index in [1.165, 1.54) is 11.1 Å². The number of carbonyl (C=O) groups is 1. The van der Waals surface area contributed by atoms with Gasteiger partial charge in [0.15, 0.2) is 0 Å². The molecule has 1 N–H and O–H groups in total. The maximum Gasteiger partial charge on any atom is 0.337 e. The summed E-state index contributed by atoms with van der Waals surface area (Å²) in [6, 6.07) is 4.38. The van der Waals surface area contributed by atoms with Crippen molar-refractivity contribution in [3.05, 3.63) is 52.5 Å². The summed E-state index contributed by atoms with van der Waals surface area (Å²) in [7, 11) is 1.59. The molecule has 0 radical (unpaired) electrons. The second kappa shape index (κ2) is 5.31. The molecule has 0 atom stereocenters. The van der Waals surface area contributed by atoms with Crippen LogP contribution < -0.4 is 4.90 Å². The smallest absolute Gasteiger partial charge is 0.337 e. The minimum Gasteiger partial charge on any atom is -0.478 e. The van der Waals surface area contributed by atoms with Crippen LogP contribution >= 0.6 is 0 Å². The van der Waals surface area contributed by atoms with Crippen LogP contribution in [0, 0.1) is 10.1 Å². The van der Waals surface area contributed by atoms with Gasteiger partial charge in [-0.1, -0.05) is 0 Å². The number of hydrogen-bond donors (Lipinski definition) is 1. The predicted octanol–water partition coefficient (Wildman–Crippen LogP) is 1.85. The van der Waals surface area contributed by atoms with Crippen molar-refractivity contribution in [2.45, 2.75) is 0 Å². The van der Waals surface area contributed by atoms with E-state index in [2.05, 4.69) is 9.97 Å². The van der Waals surface area contributed by atoms with Crippen molar-refractivity contribution in [3.8, 4) is 0 Å². The molecule has 0 bridgehead atoms. The first-order valence-electron chi connectivity index (χ1n) is 5.52. The molecule has 0 aliphatic rings. The lowest BCUT2D eigenvalue weighted by atomic mass is 10.2. The Labute approximate surface area is 113 Å². The first-order valence-corrected chi connectivity index (χ1v) is 5.52. The highest BCUT2D eigenvalue weighted by Crippen LogP contribution is 2.30. The van der Waals surface area contributed by atoms with Crippen molar-refractivity contribution in [2.24, 2.45) is 0 Å². The lowest BCUT2D eigenvalue weighted by Crippen LogP contribution is -2.14. The topological polar surface area (TPSA) is 109 Å². The van der Waals surface area contributed by atoms with Crippen LogP contribution in [-0.4, -0.2) is 33.0 Å². The normalized spacial score (nSPS) is 10.1. The number of pyridine rings is 2. The molecular weight excluding hydrogens is 264 g/mol. The highest BCUT2D eigenvalue weighted by Gasteiger charge is 2.22. The van der Waals surface area contributed by atoms with Crippen molar-refractivity contribution in [2.75, 3.05) is 11.9 Å². The minimum absolute atomic E-state index is 0.0491. The second-order valence-corrected chi connectivity index (χ2v) is 3.90. The molecule has 20 heavy (non-hydrogen) atoms. The fourth-order valence-corrected chi connectivity index (χ4v) is 1.63. The molecule has 2 rings (SSSR count). The molecular formula is C12H10N4O4. The molecule has 0 saturated carbocycles. The standard InChI is InChI=1S/C12H10N4O4/c1-15(9-3-2-4-13-7-9)11-10(16(19)20)5-8(6-14-11)12(17)18/h2-7H,1H3,(H,17,18). The molecule has 0 spiro atoms. The number of carboxylic acids is 1. The summed E-state index contributed by atoms with van der Waals surface area (Å²) in [6.45, 7) is 0. The number of nitro groups is 1. The Morgan fingerprint density at radius 2 is 2.20 bits per heavy atom. The van der Waals surface area contributed by atoms with E-state index in [4.69, 9.17) is 5.11 Å². The molecule has 0 aliphatic carbocycles. The zero-order valence-electron chi connectivity index (χ0n) is 10.4. The van der Waals surface area contributed by atoms with Gasteiger partial charge in [0.1, 0.15) is 0 Å². The summed E-state index contributed by atoms with van der Waals surface area (Å²) >= 11 is 0. The van der Waals surface area contributed by atoms with Crippen LogP contribution in [0.5, 0.6) is 0 Å². The monoisotopic (exact) mass is 274 g/mol. The third kappa shape index (κ3) is 2.53. The molecule has 0 aromatic carbocycles. The average molecular weight is 274 g/mol. The molecule has 0 unspecified atom stereocenters. The van der Waals surface area contributed by atoms with Gasteiger partial charge in [0, 0.05) is 25.5 Å². The van der Waals surface area contributed by atoms with Crippen molar-refractivity contribution >= 4 is 23.2 Å². The molecule has 8 nitrogen and oxygen atoms in total. The molecule has 0 amide bonds. The Morgan fingerprint density at radius 3 is 2.75 bits per heavy atom. The molecule has 102 valence electrons. The van der Waals surface area contributed by atoms with Gasteiger partial charge in [-0.3, -0.25) is 15.1 Å². The van der Waals surface area contributed by atoms with Crippen molar-refractivity contribution in [3.63, 3.8) is 0 Å². The van der Waals surface area contributed by atoms with E-state index in [0.29, 0.717) is 5.69 Å². The third-order valence-corrected chi connectivity index (χ3v) is 2.64. The molecule has 2 heterocycles. The van der Waals surface area contributed by atoms with E-state index in [1.54, 1.807) is 25.4 Å². The fourth-order valence-electron chi connectivity index (χ4n) is 1.63. The van der Waals surface area contributed by atoms with Crippen LogP contribution in [0.25, 0.3) is 0 Å². The Morgan fingerprint density at radius 1 is 1.45 bits per heavy atom. The highest BCUT2D eigenvalue weighted by molar-refractivity contribution is 5.89. The summed E-state index contributed by atoms with van der Waals surface area (Å²) < 4.78 is 0. The van der Waals surface area contributed by atoms with E-state index in [-0.39, 0.29) is 17.1 Å². The minimum atomic E-state index is -1.27. The van der Waals surface area contributed by atoms with Gasteiger partial charge in [-0.05, 0) is 12.1 Å². The molecule has 2 aromatic rings. The Balaban J connectivity index is 2.51. The van der Waals surface area contributed by atoms with Gasteiger partial charge in [-0.2, -0.15) is 0 Å². The summed E-state index contributed by atoms with van der Waals surface area (Å²) in [5, 5.41) is 19.9. The first kappa shape index (κ1) is 13.4. The Kier molecular flexibility index (Phi) is 3.56. The van der Waals surface area contributed by atoms with Crippen LogP contribution in [0.4, 0.5) is 17.2 Å². The number of carboxylic acid groups (broad SMARTS) is 1. The zero-order valence-corrected chi connectivity index (χ0v) is 10.4. The van der Waals surface area contributed by atoms with E-state index < -0.39 is 10.9 Å². The van der Waals surface area contributed by atoms with Gasteiger partial charge in [0.05, 0.1) is 22.4 Å². The largest absolute Gasteiger partial charge is 0.478 e. The van der Waals surface area contributed by atoms with Crippen LogP contribution in [0.3, 0.4) is 0 Å². The molecule has 2 aromatic heterocycles. The van der Waals surface area contributed by atoms with E-state index in [1.807, 2.05) is 0 Å². The average Bonchev–Trinajstić information content (AvgIpc) is 2.46. The van der Waals surface area contributed by atoms with Crippen molar-refractivity contribution in [1.29, 1.82) is 0 Å². The van der Waals surface area contributed by atoms with Gasteiger partial charge >= 0.3 is 11.7 Å². The lowest BCUT2D eigenvalue weighted by Gasteiger charge is -2.17. The van der Waals surface area contributed by atoms with E-state index >= 15 is 0 Å². The Hall–Kier alpha value is -3.03. The summed E-state index contributed by atoms with van der Waals surface area (Å²) in [4.78, 5) is 30.5. The van der Waals surface area contributed by atoms with Crippen LogP contribution in [0.2, 0.25) is 0 Å². The van der Waals surface area contributed by atoms with Crippen LogP contribution in [0.1, 0.15) is 10.4 Å². The third-order valence-electron chi connectivity index (χ3n) is 2.64. The molecule has 0 saturated heterocycles. The number of rotatable bonds is 4. The summed E-state index contributed by atoms with van der Waals surface area (Å²) in [5.41, 5.74) is -0.0116. The number of aromatic carboxylic acids is 1. The number of anilines is 2. The molecule has 0 aliphatic heterocycles. The SMILES string of the molecule is CN(c1cccnc1)c1ncc(C(=O)O)cc1[N+](=O)[O-]. The number of hydrogen-bond acceptors (Lipinski definition) is 6. The summed E-state index contributed by atoms with van der Waals surface area (Å²) in [6.07, 6.45) is 4.18. The van der Waals surface area contributed by atoms with Gasteiger partial charge < -0.3 is 10.0 Å². The van der Waals surface area contributed by atoms with Gasteiger partial charge in [-0.25, -0.2) is 9.78 Å². The summed E-state index contributed by atoms with van der Waals surface area (Å²) in [5.74, 6) is -1.22. The second-order valence-electron chi connectivity index (χ2n) is 3.90. The predicted molar refractivity (Wildman–Crippen MR) is 70.2 cm³/mol. The number of aromatic nitrogens is 2. The van der Waals surface area contributed by atoms with Gasteiger partial charge in [0.2, 0.25) is 5.82 Å². The van der Waals surface area contributed by atoms with E-state index in [0.717, 1.165) is 12.3 Å². The number of nitrogens with zero attached hydrogens (tertiary/aromatic N) is 4. The maximum absolute atomic E-state index is 11.1. The molecule has 8 heteroatoms. The fraction of sp³-hybridized carbons (Fsp3) is 0.0833. The highest BCUT2D eigenvalue weighted by atomic mass is 16.6. The van der Waals surface area contributed by atoms with Crippen LogP contribution in [-0.2, 0) is 0 Å². The van der Waals surface area contributed by atoms with Gasteiger partial charge in [-0.15, -0.1) is 0 Å². The zero-order chi connectivity index (χ0) is 14.7.